The number of hydrazine groups is 1. The summed E-state index contributed by atoms with van der Waals surface area (Å²) in [5.74, 6) is 0.328. The van der Waals surface area contributed by atoms with E-state index in [4.69, 9.17) is 15.8 Å². The van der Waals surface area contributed by atoms with Crippen LogP contribution in [0.15, 0.2) is 12.7 Å². The standard InChI is InChI=1S/C8H11N7O3/c9-7-6-8(11-2-10-7)14(3-12-6)5-1-4(16)15(13-17)18-5/h2-5,13,16-17H,1H2,(H2,9,10,11)/p+1/t4-,5+/m0/s1. The smallest absolute Gasteiger partial charge is 0.309 e. The minimum atomic E-state index is -0.961. The summed E-state index contributed by atoms with van der Waals surface area (Å²) in [7, 11) is 0. The molecule has 3 heterocycles. The van der Waals surface area contributed by atoms with E-state index in [-0.39, 0.29) is 6.42 Å². The predicted octanol–water partition coefficient (Wildman–Crippen LogP) is -1.82. The van der Waals surface area contributed by atoms with Gasteiger partial charge < -0.3 is 10.8 Å². The van der Waals surface area contributed by atoms with Crippen LogP contribution >= 0.6 is 0 Å². The van der Waals surface area contributed by atoms with Gasteiger partial charge in [0, 0.05) is 0 Å². The van der Waals surface area contributed by atoms with Crippen LogP contribution in [0, 0.1) is 0 Å². The lowest BCUT2D eigenvalue weighted by molar-refractivity contribution is -0.747. The zero-order valence-electron chi connectivity index (χ0n) is 9.19. The predicted molar refractivity (Wildman–Crippen MR) is 56.0 cm³/mol. The van der Waals surface area contributed by atoms with E-state index in [9.17, 15) is 5.11 Å². The summed E-state index contributed by atoms with van der Waals surface area (Å²) in [4.78, 5) is 16.2. The van der Waals surface area contributed by atoms with E-state index in [2.05, 4.69) is 15.0 Å². The Morgan fingerprint density at radius 2 is 2.44 bits per heavy atom. The van der Waals surface area contributed by atoms with Crippen LogP contribution in [0.25, 0.3) is 11.2 Å². The van der Waals surface area contributed by atoms with Gasteiger partial charge in [0.05, 0.1) is 6.42 Å². The van der Waals surface area contributed by atoms with Gasteiger partial charge in [-0.05, 0) is 0 Å². The highest BCUT2D eigenvalue weighted by Gasteiger charge is 2.37. The normalized spacial score (nSPS) is 25.0. The van der Waals surface area contributed by atoms with Crippen LogP contribution in [0.3, 0.4) is 0 Å². The third-order valence-corrected chi connectivity index (χ3v) is 2.78. The molecule has 1 aliphatic heterocycles. The average Bonchev–Trinajstić information content (AvgIpc) is 2.93. The Hall–Kier alpha value is -1.85. The fourth-order valence-electron chi connectivity index (χ4n) is 1.91. The topological polar surface area (TPSA) is 136 Å². The minimum Gasteiger partial charge on any atom is -0.380 e. The van der Waals surface area contributed by atoms with E-state index in [1.807, 2.05) is 0 Å². The van der Waals surface area contributed by atoms with E-state index in [1.165, 1.54) is 6.33 Å². The summed E-state index contributed by atoms with van der Waals surface area (Å²) in [5.41, 5.74) is 8.59. The fraction of sp³-hybridized carbons (Fsp3) is 0.375. The molecule has 0 amide bonds. The number of hydroxylamine groups is 1. The maximum atomic E-state index is 9.58. The van der Waals surface area contributed by atoms with Gasteiger partial charge in [-0.2, -0.15) is 4.98 Å². The summed E-state index contributed by atoms with van der Waals surface area (Å²) in [6, 6.07) is 0. The Kier molecular flexibility index (Phi) is 2.57. The molecule has 0 aromatic carbocycles. The summed E-state index contributed by atoms with van der Waals surface area (Å²) in [6.07, 6.45) is 1.75. The maximum absolute atomic E-state index is 9.58. The maximum Gasteiger partial charge on any atom is 0.309 e. The molecule has 1 fully saturated rings. The summed E-state index contributed by atoms with van der Waals surface area (Å²) in [5, 5.41) is 19.2. The molecule has 1 aliphatic rings. The lowest BCUT2D eigenvalue weighted by atomic mass is 10.3. The molecule has 0 aliphatic carbocycles. The van der Waals surface area contributed by atoms with Crippen molar-refractivity contribution in [2.24, 2.45) is 0 Å². The Balaban J connectivity index is 1.99. The van der Waals surface area contributed by atoms with Gasteiger partial charge in [-0.15, -0.1) is 5.59 Å². The fourth-order valence-corrected chi connectivity index (χ4v) is 1.91. The van der Waals surface area contributed by atoms with Crippen molar-refractivity contribution in [1.82, 2.24) is 25.7 Å². The quantitative estimate of drug-likeness (QED) is 0.312. The molecule has 2 atom stereocenters. The van der Waals surface area contributed by atoms with Crippen molar-refractivity contribution in [2.75, 3.05) is 5.73 Å². The first-order valence-corrected chi connectivity index (χ1v) is 5.23. The monoisotopic (exact) mass is 254 g/mol. The van der Waals surface area contributed by atoms with Gasteiger partial charge in [0.15, 0.2) is 24.7 Å². The van der Waals surface area contributed by atoms with E-state index in [0.717, 1.165) is 5.17 Å². The van der Waals surface area contributed by atoms with Crippen molar-refractivity contribution < 1.29 is 19.7 Å². The number of anilines is 1. The number of nitrogens with one attached hydrogen (secondary N) is 2. The van der Waals surface area contributed by atoms with Crippen LogP contribution in [-0.2, 0) is 4.84 Å². The molecule has 6 N–H and O–H groups in total. The number of nitrogen functional groups attached to an aromatic ring is 1. The zero-order chi connectivity index (χ0) is 12.7. The second-order valence-corrected chi connectivity index (χ2v) is 3.84. The second kappa shape index (κ2) is 4.12. The lowest BCUT2D eigenvalue weighted by Crippen LogP contribution is -2.41. The molecule has 0 radical (unpaired) electrons. The number of imidazole rings is 1. The number of fused-ring (bicyclic) bond motifs is 1. The van der Waals surface area contributed by atoms with Crippen LogP contribution in [0.1, 0.15) is 12.6 Å². The van der Waals surface area contributed by atoms with Crippen LogP contribution in [0.5, 0.6) is 0 Å². The van der Waals surface area contributed by atoms with Gasteiger partial charge in [-0.1, -0.05) is 10.2 Å². The van der Waals surface area contributed by atoms with E-state index < -0.39 is 12.5 Å². The number of hydrogen-bond donors (Lipinski definition) is 5. The molecule has 10 heteroatoms. The summed E-state index contributed by atoms with van der Waals surface area (Å²) >= 11 is 0. The summed E-state index contributed by atoms with van der Waals surface area (Å²) < 4.78 is 1.66. The second-order valence-electron chi connectivity index (χ2n) is 3.84. The molecule has 2 aromatic rings. The highest BCUT2D eigenvalue weighted by atomic mass is 16.8. The third kappa shape index (κ3) is 1.60. The molecule has 18 heavy (non-hydrogen) atoms. The van der Waals surface area contributed by atoms with E-state index in [1.54, 1.807) is 16.5 Å². The number of aromatic amines is 1. The Morgan fingerprint density at radius 1 is 1.61 bits per heavy atom. The van der Waals surface area contributed by atoms with Gasteiger partial charge in [-0.3, -0.25) is 10.2 Å². The van der Waals surface area contributed by atoms with E-state index in [0.29, 0.717) is 17.0 Å². The van der Waals surface area contributed by atoms with Gasteiger partial charge in [0.1, 0.15) is 0 Å². The van der Waals surface area contributed by atoms with Gasteiger partial charge in [0.2, 0.25) is 11.7 Å². The SMILES string of the molecule is Nc1ncnc2c1[nH]c[n+]2[C@H]1C[C@H](O)N(NO)O1. The molecule has 0 saturated carbocycles. The molecular weight excluding hydrogens is 242 g/mol. The Morgan fingerprint density at radius 3 is 3.17 bits per heavy atom. The Bertz CT molecular complexity index is 573. The first-order chi connectivity index (χ1) is 8.70. The van der Waals surface area contributed by atoms with Crippen molar-refractivity contribution in [3.8, 4) is 0 Å². The number of H-pyrrole nitrogens is 1. The van der Waals surface area contributed by atoms with Crippen molar-refractivity contribution in [3.05, 3.63) is 12.7 Å². The molecule has 0 spiro atoms. The molecule has 0 bridgehead atoms. The molecule has 10 nitrogen and oxygen atoms in total. The number of aromatic nitrogens is 4. The number of nitrogens with zero attached hydrogens (tertiary/aromatic N) is 4. The van der Waals surface area contributed by atoms with E-state index >= 15 is 0 Å². The highest BCUT2D eigenvalue weighted by Crippen LogP contribution is 2.23. The number of nitrogens with two attached hydrogens (primary N) is 1. The number of aliphatic hydroxyl groups is 1. The number of aliphatic hydroxyl groups excluding tert-OH is 1. The van der Waals surface area contributed by atoms with Crippen LogP contribution in [0.2, 0.25) is 0 Å². The van der Waals surface area contributed by atoms with Crippen molar-refractivity contribution >= 4 is 17.0 Å². The lowest BCUT2D eigenvalue weighted by Gasteiger charge is -2.13. The first kappa shape index (κ1) is 11.3. The van der Waals surface area contributed by atoms with Gasteiger partial charge in [-0.25, -0.2) is 9.40 Å². The molecule has 1 saturated heterocycles. The Labute approximate surface area is 101 Å². The highest BCUT2D eigenvalue weighted by molar-refractivity contribution is 5.77. The van der Waals surface area contributed by atoms with Crippen molar-refractivity contribution in [3.63, 3.8) is 0 Å². The third-order valence-electron chi connectivity index (χ3n) is 2.78. The molecular formula is C8H12N7O3+. The van der Waals surface area contributed by atoms with Crippen LogP contribution in [-0.4, -0.2) is 36.7 Å². The van der Waals surface area contributed by atoms with Crippen LogP contribution in [0.4, 0.5) is 5.82 Å². The van der Waals surface area contributed by atoms with Crippen molar-refractivity contribution in [2.45, 2.75) is 18.9 Å². The van der Waals surface area contributed by atoms with Gasteiger partial charge in [0.25, 0.3) is 0 Å². The minimum absolute atomic E-state index is 0.259. The summed E-state index contributed by atoms with van der Waals surface area (Å²) in [6.45, 7) is 0. The largest absolute Gasteiger partial charge is 0.380 e. The average molecular weight is 254 g/mol. The van der Waals surface area contributed by atoms with Gasteiger partial charge >= 0.3 is 5.65 Å². The molecule has 2 aromatic heterocycles. The number of rotatable bonds is 2. The van der Waals surface area contributed by atoms with Crippen molar-refractivity contribution in [1.29, 1.82) is 0 Å². The molecule has 96 valence electrons. The molecule has 0 unspecified atom stereocenters. The zero-order valence-corrected chi connectivity index (χ0v) is 9.19. The van der Waals surface area contributed by atoms with Crippen LogP contribution < -0.4 is 15.9 Å². The molecule has 3 rings (SSSR count). The first-order valence-electron chi connectivity index (χ1n) is 5.23. The number of hydrogen-bond acceptors (Lipinski definition) is 8.